The van der Waals surface area contributed by atoms with Gasteiger partial charge in [-0.15, -0.1) is 0 Å². The minimum absolute atomic E-state index is 0.0242. The van der Waals surface area contributed by atoms with Crippen LogP contribution in [-0.4, -0.2) is 41.2 Å². The highest BCUT2D eigenvalue weighted by molar-refractivity contribution is 5.69. The molecule has 0 radical (unpaired) electrons. The molecule has 3 N–H and O–H groups in total. The van der Waals surface area contributed by atoms with E-state index >= 15 is 0 Å². The maximum Gasteiger partial charge on any atom is 0.410 e. The lowest BCUT2D eigenvalue weighted by molar-refractivity contribution is -0.138. The Kier molecular flexibility index (Phi) is 5.16. The summed E-state index contributed by atoms with van der Waals surface area (Å²) in [6, 6.07) is 9.24. The molecular formula is C15H20N2O4. The highest BCUT2D eigenvalue weighted by Gasteiger charge is 2.31. The summed E-state index contributed by atoms with van der Waals surface area (Å²) in [6.07, 6.45) is 0.156. The Balaban J connectivity index is 1.86. The number of hydrogen-bond donors (Lipinski definition) is 2. The summed E-state index contributed by atoms with van der Waals surface area (Å²) in [4.78, 5) is 24.4. The quantitative estimate of drug-likeness (QED) is 0.876. The number of nitrogens with zero attached hydrogens (tertiary/aromatic N) is 1. The van der Waals surface area contributed by atoms with E-state index in [2.05, 4.69) is 0 Å². The van der Waals surface area contributed by atoms with Crippen LogP contribution in [0.25, 0.3) is 0 Å². The monoisotopic (exact) mass is 292 g/mol. The molecule has 0 aromatic heterocycles. The molecule has 1 saturated heterocycles. The van der Waals surface area contributed by atoms with Crippen LogP contribution >= 0.6 is 0 Å². The Morgan fingerprint density at radius 2 is 2.05 bits per heavy atom. The number of carbonyl (C=O) groups excluding carboxylic acids is 1. The summed E-state index contributed by atoms with van der Waals surface area (Å²) in [5, 5.41) is 8.87. The molecule has 1 heterocycles. The summed E-state index contributed by atoms with van der Waals surface area (Å²) < 4.78 is 5.25. The van der Waals surface area contributed by atoms with Gasteiger partial charge in [0.05, 0.1) is 6.42 Å². The maximum atomic E-state index is 12.0. The normalized spacial score (nSPS) is 21.9. The van der Waals surface area contributed by atoms with Gasteiger partial charge in [-0.25, -0.2) is 4.79 Å². The highest BCUT2D eigenvalue weighted by Crippen LogP contribution is 2.20. The van der Waals surface area contributed by atoms with Crippen LogP contribution in [0.15, 0.2) is 30.3 Å². The van der Waals surface area contributed by atoms with Crippen molar-refractivity contribution in [3.63, 3.8) is 0 Å². The largest absolute Gasteiger partial charge is 0.481 e. The molecule has 1 amide bonds. The number of carboxylic acid groups (broad SMARTS) is 1. The fourth-order valence-electron chi connectivity index (χ4n) is 2.47. The van der Waals surface area contributed by atoms with Gasteiger partial charge in [-0.2, -0.15) is 0 Å². The zero-order valence-electron chi connectivity index (χ0n) is 11.8. The molecule has 0 spiro atoms. The van der Waals surface area contributed by atoms with Gasteiger partial charge in [0.1, 0.15) is 6.61 Å². The van der Waals surface area contributed by atoms with Crippen LogP contribution in [0.2, 0.25) is 0 Å². The topological polar surface area (TPSA) is 92.9 Å². The van der Waals surface area contributed by atoms with Gasteiger partial charge in [0.15, 0.2) is 0 Å². The van der Waals surface area contributed by atoms with Crippen molar-refractivity contribution < 1.29 is 19.4 Å². The first-order valence-electron chi connectivity index (χ1n) is 6.99. The number of ether oxygens (including phenoxy) is 1. The summed E-state index contributed by atoms with van der Waals surface area (Å²) in [5.74, 6) is -1.12. The molecule has 114 valence electrons. The first-order valence-corrected chi connectivity index (χ1v) is 6.99. The molecule has 6 nitrogen and oxygen atoms in total. The zero-order chi connectivity index (χ0) is 15.2. The van der Waals surface area contributed by atoms with E-state index < -0.39 is 12.1 Å². The summed E-state index contributed by atoms with van der Waals surface area (Å²) in [5.41, 5.74) is 6.83. The van der Waals surface area contributed by atoms with Gasteiger partial charge in [0.25, 0.3) is 0 Å². The number of amides is 1. The maximum absolute atomic E-state index is 12.0. The number of likely N-dealkylation sites (tertiary alicyclic amines) is 1. The number of carbonyl (C=O) groups is 2. The Bertz CT molecular complexity index is 492. The molecule has 21 heavy (non-hydrogen) atoms. The first-order chi connectivity index (χ1) is 10.1. The lowest BCUT2D eigenvalue weighted by atomic mass is 9.90. The van der Waals surface area contributed by atoms with Crippen molar-refractivity contribution in [3.05, 3.63) is 35.9 Å². The van der Waals surface area contributed by atoms with Gasteiger partial charge >= 0.3 is 12.1 Å². The summed E-state index contributed by atoms with van der Waals surface area (Å²) >= 11 is 0. The molecule has 0 bridgehead atoms. The lowest BCUT2D eigenvalue weighted by Crippen LogP contribution is -2.49. The Morgan fingerprint density at radius 1 is 1.33 bits per heavy atom. The Hall–Kier alpha value is -2.08. The lowest BCUT2D eigenvalue weighted by Gasteiger charge is -2.35. The molecule has 6 heteroatoms. The second-order valence-electron chi connectivity index (χ2n) is 5.30. The van der Waals surface area contributed by atoms with E-state index in [1.54, 1.807) is 4.90 Å². The van der Waals surface area contributed by atoms with Gasteiger partial charge in [-0.1, -0.05) is 30.3 Å². The average Bonchev–Trinajstić information content (AvgIpc) is 2.47. The third-order valence-electron chi connectivity index (χ3n) is 3.69. The van der Waals surface area contributed by atoms with Crippen LogP contribution in [0.1, 0.15) is 18.4 Å². The van der Waals surface area contributed by atoms with Crippen molar-refractivity contribution >= 4 is 12.1 Å². The highest BCUT2D eigenvalue weighted by atomic mass is 16.6. The number of nitrogens with two attached hydrogens (primary N) is 1. The number of carboxylic acids is 1. The van der Waals surface area contributed by atoms with Gasteiger partial charge in [0.2, 0.25) is 0 Å². The van der Waals surface area contributed by atoms with Gasteiger partial charge in [-0.05, 0) is 12.0 Å². The Labute approximate surface area is 123 Å². The van der Waals surface area contributed by atoms with Crippen molar-refractivity contribution in [2.24, 2.45) is 11.7 Å². The van der Waals surface area contributed by atoms with Crippen LogP contribution in [-0.2, 0) is 16.1 Å². The van der Waals surface area contributed by atoms with E-state index in [4.69, 9.17) is 15.6 Å². The Morgan fingerprint density at radius 3 is 2.71 bits per heavy atom. The number of rotatable bonds is 4. The zero-order valence-corrected chi connectivity index (χ0v) is 11.8. The molecule has 1 aromatic rings. The van der Waals surface area contributed by atoms with Crippen molar-refractivity contribution in [2.45, 2.75) is 25.5 Å². The van der Waals surface area contributed by atoms with E-state index in [9.17, 15) is 9.59 Å². The molecule has 2 atom stereocenters. The number of hydrogen-bond acceptors (Lipinski definition) is 4. The third kappa shape index (κ3) is 4.46. The molecule has 0 aliphatic carbocycles. The standard InChI is InChI=1S/C15H20N2O4/c16-13-6-7-17(9-12(13)8-14(18)19)15(20)21-10-11-4-2-1-3-5-11/h1-5,12-13H,6-10,16H2,(H,18,19). The molecular weight excluding hydrogens is 272 g/mol. The molecule has 1 fully saturated rings. The minimum Gasteiger partial charge on any atom is -0.481 e. The van der Waals surface area contributed by atoms with E-state index in [0.29, 0.717) is 19.5 Å². The predicted octanol–water partition coefficient (Wildman–Crippen LogP) is 1.45. The third-order valence-corrected chi connectivity index (χ3v) is 3.69. The number of benzene rings is 1. The van der Waals surface area contributed by atoms with Crippen LogP contribution in [0.5, 0.6) is 0 Å². The molecule has 1 aliphatic rings. The molecule has 1 aromatic carbocycles. The predicted molar refractivity (Wildman–Crippen MR) is 76.5 cm³/mol. The summed E-state index contributed by atoms with van der Waals surface area (Å²) in [7, 11) is 0. The van der Waals surface area contributed by atoms with Crippen molar-refractivity contribution in [2.75, 3.05) is 13.1 Å². The van der Waals surface area contributed by atoms with E-state index in [1.165, 1.54) is 0 Å². The van der Waals surface area contributed by atoms with E-state index in [1.807, 2.05) is 30.3 Å². The van der Waals surface area contributed by atoms with Crippen molar-refractivity contribution in [1.29, 1.82) is 0 Å². The molecule has 0 saturated carbocycles. The minimum atomic E-state index is -0.894. The molecule has 2 unspecified atom stereocenters. The van der Waals surface area contributed by atoms with E-state index in [-0.39, 0.29) is 25.0 Å². The molecule has 1 aliphatic heterocycles. The second-order valence-corrected chi connectivity index (χ2v) is 5.30. The number of aliphatic carboxylic acids is 1. The SMILES string of the molecule is NC1CCN(C(=O)OCc2ccccc2)CC1CC(=O)O. The second kappa shape index (κ2) is 7.08. The van der Waals surface area contributed by atoms with Crippen LogP contribution in [0, 0.1) is 5.92 Å². The smallest absolute Gasteiger partial charge is 0.410 e. The van der Waals surface area contributed by atoms with E-state index in [0.717, 1.165) is 5.56 Å². The van der Waals surface area contributed by atoms with Gasteiger partial charge < -0.3 is 20.5 Å². The molecule has 2 rings (SSSR count). The fourth-order valence-corrected chi connectivity index (χ4v) is 2.47. The van der Waals surface area contributed by atoms with Crippen LogP contribution in [0.4, 0.5) is 4.79 Å². The average molecular weight is 292 g/mol. The first kappa shape index (κ1) is 15.3. The van der Waals surface area contributed by atoms with Crippen molar-refractivity contribution in [3.8, 4) is 0 Å². The van der Waals surface area contributed by atoms with Gasteiger partial charge in [0, 0.05) is 25.0 Å². The summed E-state index contributed by atoms with van der Waals surface area (Å²) in [6.45, 7) is 1.05. The van der Waals surface area contributed by atoms with Crippen LogP contribution in [0.3, 0.4) is 0 Å². The fraction of sp³-hybridized carbons (Fsp3) is 0.467. The van der Waals surface area contributed by atoms with Crippen molar-refractivity contribution in [1.82, 2.24) is 4.90 Å². The number of piperidine rings is 1. The van der Waals surface area contributed by atoms with Gasteiger partial charge in [-0.3, -0.25) is 4.79 Å². The van der Waals surface area contributed by atoms with Crippen LogP contribution < -0.4 is 5.73 Å².